The Morgan fingerprint density at radius 1 is 0.257 bits per heavy atom. The Hall–Kier alpha value is -12.8. The van der Waals surface area contributed by atoms with Gasteiger partial charge in [-0.05, 0) is 147 Å². The average molecular weight is 1360 g/mol. The van der Waals surface area contributed by atoms with Gasteiger partial charge >= 0.3 is 0 Å². The Labute approximate surface area is 616 Å². The van der Waals surface area contributed by atoms with E-state index in [-0.39, 0.29) is 12.1 Å². The van der Waals surface area contributed by atoms with Crippen molar-refractivity contribution in [3.63, 3.8) is 0 Å². The van der Waals surface area contributed by atoms with Crippen LogP contribution in [0.5, 0.6) is 0 Å². The zero-order valence-electron chi connectivity index (χ0n) is 58.9. The molecule has 17 aromatic rings. The van der Waals surface area contributed by atoms with Crippen molar-refractivity contribution in [2.75, 3.05) is 9.80 Å². The third kappa shape index (κ3) is 10.6. The lowest BCUT2D eigenvalue weighted by Crippen LogP contribution is -2.75. The molecule has 0 saturated carbocycles. The summed E-state index contributed by atoms with van der Waals surface area (Å²) in [5.41, 5.74) is 28.7. The highest BCUT2D eigenvalue weighted by atomic mass is 28.3. The van der Waals surface area contributed by atoms with E-state index in [9.17, 15) is 0 Å². The summed E-state index contributed by atoms with van der Waals surface area (Å²) in [5, 5.41) is 7.69. The summed E-state index contributed by atoms with van der Waals surface area (Å²) >= 11 is 0. The van der Waals surface area contributed by atoms with Crippen molar-refractivity contribution in [2.24, 2.45) is 0 Å². The Morgan fingerprint density at radius 3 is 0.952 bits per heavy atom. The van der Waals surface area contributed by atoms with E-state index >= 15 is 0 Å². The van der Waals surface area contributed by atoms with Crippen molar-refractivity contribution in [3.05, 3.63) is 400 Å². The minimum atomic E-state index is -3.18. The highest BCUT2D eigenvalue weighted by Crippen LogP contribution is 2.54. The maximum Gasteiger partial charge on any atom is 0.252 e. The van der Waals surface area contributed by atoms with E-state index in [1.54, 1.807) is 0 Å². The van der Waals surface area contributed by atoms with Crippen LogP contribution in [-0.4, -0.2) is 19.4 Å². The van der Waals surface area contributed by atoms with E-state index in [1.807, 2.05) is 0 Å². The first-order valence-electron chi connectivity index (χ1n) is 36.7. The van der Waals surface area contributed by atoms with Crippen molar-refractivity contribution in [3.8, 4) is 72.4 Å². The molecule has 2 aliphatic rings. The van der Waals surface area contributed by atoms with Crippen molar-refractivity contribution in [2.45, 2.75) is 26.2 Å². The van der Waals surface area contributed by atoms with Crippen molar-refractivity contribution in [1.29, 1.82) is 0 Å². The quantitative estimate of drug-likeness (QED) is 0.0842. The standard InChI is InChI=1S/C100H74BN3Si/c1-100(2,3)77-65-95-97-96(66-77)104(99-85(73-41-21-8-22-42-73)53-32-54-86(99)74-43-23-9-24-44-74)94-68-82(105(79-45-25-10-26-46-79,80-47-27-11-28-48-80)81-49-29-12-30-50-81)58-60-90(94)101(97)89-59-57-78(67-93(89)103(95)98-83(71-37-17-6-18-38-71)51-31-52-84(98)72-39-19-7-20-40-72)102-91-61-55-75(69-33-13-4-14-34-69)63-87(91)88-64-76(56-62-92(88)102)70-35-15-5-16-36-70/h4-68H,1-3H3. The minimum absolute atomic E-state index is 0.251. The molecule has 16 aromatic carbocycles. The number of hydrogen-bond donors (Lipinski definition) is 0. The van der Waals surface area contributed by atoms with E-state index in [0.717, 1.165) is 95.4 Å². The highest BCUT2D eigenvalue weighted by molar-refractivity contribution is 7.20. The van der Waals surface area contributed by atoms with Crippen LogP contribution in [0.25, 0.3) is 94.3 Å². The highest BCUT2D eigenvalue weighted by Gasteiger charge is 2.48. The molecule has 2 aliphatic heterocycles. The third-order valence-electron chi connectivity index (χ3n) is 22.1. The number of fused-ring (bicyclic) bond motifs is 7. The van der Waals surface area contributed by atoms with Crippen LogP contribution in [0, 0.1) is 0 Å². The van der Waals surface area contributed by atoms with Gasteiger partial charge in [-0.15, -0.1) is 0 Å². The van der Waals surface area contributed by atoms with E-state index in [2.05, 4.69) is 429 Å². The number of nitrogens with zero attached hydrogens (tertiary/aromatic N) is 3. The van der Waals surface area contributed by atoms with E-state index in [0.29, 0.717) is 0 Å². The van der Waals surface area contributed by atoms with Gasteiger partial charge in [-0.2, -0.15) is 0 Å². The summed E-state index contributed by atoms with van der Waals surface area (Å²) in [6, 6.07) is 149. The van der Waals surface area contributed by atoms with E-state index in [1.165, 1.54) is 75.7 Å². The molecule has 496 valence electrons. The summed E-state index contributed by atoms with van der Waals surface area (Å²) in [7, 11) is -3.18. The summed E-state index contributed by atoms with van der Waals surface area (Å²) in [6.45, 7) is 6.93. The second kappa shape index (κ2) is 25.9. The van der Waals surface area contributed by atoms with Gasteiger partial charge in [-0.25, -0.2) is 0 Å². The molecule has 0 saturated heterocycles. The van der Waals surface area contributed by atoms with Crippen LogP contribution < -0.4 is 46.9 Å². The molecule has 1 aromatic heterocycles. The lowest BCUT2D eigenvalue weighted by molar-refractivity contribution is 0.590. The number of hydrogen-bond acceptors (Lipinski definition) is 2. The molecule has 3 heterocycles. The van der Waals surface area contributed by atoms with Crippen LogP contribution in [0.15, 0.2) is 394 Å². The number of para-hydroxylation sites is 2. The van der Waals surface area contributed by atoms with Crippen LogP contribution in [0.4, 0.5) is 34.1 Å². The fourth-order valence-corrected chi connectivity index (χ4v) is 22.0. The molecule has 105 heavy (non-hydrogen) atoms. The largest absolute Gasteiger partial charge is 0.310 e. The van der Waals surface area contributed by atoms with Gasteiger partial charge < -0.3 is 14.4 Å². The van der Waals surface area contributed by atoms with Crippen molar-refractivity contribution in [1.82, 2.24) is 4.57 Å². The average Bonchev–Trinajstić information content (AvgIpc) is 0.841. The SMILES string of the molecule is CC(C)(C)c1cc2c3c(c1)N(c1c(-c4ccccc4)cccc1-c1ccccc1)c1cc([Si](c4ccccc4)(c4ccccc4)c4ccccc4)ccc1B3c1ccc(-n3c4ccc(-c5ccccc5)cc4c4cc(-c5ccccc5)ccc43)cc1N2c1c(-c2ccccc2)cccc1-c1ccccc1. The maximum atomic E-state index is 2.73. The molecule has 0 bridgehead atoms. The first kappa shape index (κ1) is 63.1. The Balaban J connectivity index is 0.973. The maximum absolute atomic E-state index is 3.18. The lowest BCUT2D eigenvalue weighted by Gasteiger charge is -2.47. The number of anilines is 6. The molecule has 0 amide bonds. The summed E-state index contributed by atoms with van der Waals surface area (Å²) < 4.78 is 2.54. The zero-order valence-corrected chi connectivity index (χ0v) is 59.9. The van der Waals surface area contributed by atoms with Gasteiger partial charge in [0.25, 0.3) is 6.71 Å². The normalized spacial score (nSPS) is 12.5. The second-order valence-electron chi connectivity index (χ2n) is 29.0. The van der Waals surface area contributed by atoms with Gasteiger partial charge in [0.1, 0.15) is 0 Å². The molecule has 0 atom stereocenters. The summed E-state index contributed by atoms with van der Waals surface area (Å²) in [5.74, 6) is 0. The van der Waals surface area contributed by atoms with Gasteiger partial charge in [0.15, 0.2) is 8.07 Å². The number of aromatic nitrogens is 1. The van der Waals surface area contributed by atoms with Crippen molar-refractivity contribution < 1.29 is 0 Å². The van der Waals surface area contributed by atoms with Crippen LogP contribution in [0.3, 0.4) is 0 Å². The smallest absolute Gasteiger partial charge is 0.252 e. The molecule has 19 rings (SSSR count). The van der Waals surface area contributed by atoms with Crippen LogP contribution in [0.2, 0.25) is 0 Å². The first-order valence-corrected chi connectivity index (χ1v) is 38.7. The van der Waals surface area contributed by atoms with E-state index in [4.69, 9.17) is 0 Å². The molecule has 0 radical (unpaired) electrons. The molecule has 0 spiro atoms. The number of benzene rings is 16. The molecule has 5 heteroatoms. The third-order valence-corrected chi connectivity index (χ3v) is 26.8. The van der Waals surface area contributed by atoms with Gasteiger partial charge in [0, 0.05) is 61.5 Å². The van der Waals surface area contributed by atoms with E-state index < -0.39 is 8.07 Å². The minimum Gasteiger partial charge on any atom is -0.310 e. The Kier molecular flexibility index (Phi) is 15.6. The van der Waals surface area contributed by atoms with Crippen molar-refractivity contribution >= 4 is 108 Å². The predicted molar refractivity (Wildman–Crippen MR) is 450 cm³/mol. The van der Waals surface area contributed by atoms with Crippen LogP contribution in [0.1, 0.15) is 26.3 Å². The Bertz CT molecular complexity index is 5790. The monoisotopic (exact) mass is 1360 g/mol. The van der Waals surface area contributed by atoms with Gasteiger partial charge in [0.2, 0.25) is 0 Å². The summed E-state index contributed by atoms with van der Waals surface area (Å²) in [6.07, 6.45) is 0. The van der Waals surface area contributed by atoms with Gasteiger partial charge in [0.05, 0.1) is 22.4 Å². The molecule has 0 fully saturated rings. The number of rotatable bonds is 13. The lowest BCUT2D eigenvalue weighted by atomic mass is 9.33. The fourth-order valence-electron chi connectivity index (χ4n) is 17.2. The molecule has 3 nitrogen and oxygen atoms in total. The van der Waals surface area contributed by atoms with Gasteiger partial charge in [-0.3, -0.25) is 0 Å². The molecule has 0 aliphatic carbocycles. The predicted octanol–water partition coefficient (Wildman–Crippen LogP) is 21.5. The zero-order chi connectivity index (χ0) is 70.2. The topological polar surface area (TPSA) is 11.4 Å². The molecular weight excluding hydrogens is 1280 g/mol. The first-order chi connectivity index (χ1) is 51.8. The van der Waals surface area contributed by atoms with Crippen LogP contribution >= 0.6 is 0 Å². The molecule has 0 unspecified atom stereocenters. The van der Waals surface area contributed by atoms with Gasteiger partial charge in [-0.1, -0.05) is 360 Å². The van der Waals surface area contributed by atoms with Crippen LogP contribution in [-0.2, 0) is 5.41 Å². The molecular formula is C100H74BN3Si. The summed E-state index contributed by atoms with van der Waals surface area (Å²) in [4.78, 5) is 5.44. The molecule has 0 N–H and O–H groups in total. The Morgan fingerprint density at radius 2 is 0.590 bits per heavy atom. The second-order valence-corrected chi connectivity index (χ2v) is 32.9. The fraction of sp³-hybridized carbons (Fsp3) is 0.0400.